The highest BCUT2D eigenvalue weighted by Gasteiger charge is 2.29. The molecule has 0 aliphatic carbocycles. The number of hydrogen-bond donors (Lipinski definition) is 2. The van der Waals surface area contributed by atoms with E-state index in [1.54, 1.807) is 0 Å². The Balaban J connectivity index is 2.16. The van der Waals surface area contributed by atoms with Crippen LogP contribution in [-0.2, 0) is 4.79 Å². The molecule has 22 heavy (non-hydrogen) atoms. The van der Waals surface area contributed by atoms with Crippen molar-refractivity contribution in [2.45, 2.75) is 39.8 Å². The monoisotopic (exact) mass is 370 g/mol. The van der Waals surface area contributed by atoms with Crippen LogP contribution in [0.3, 0.4) is 0 Å². The van der Waals surface area contributed by atoms with E-state index >= 15 is 0 Å². The van der Waals surface area contributed by atoms with Crippen molar-refractivity contribution < 1.29 is 14.3 Å². The fourth-order valence-electron chi connectivity index (χ4n) is 2.19. The number of hydrogen-bond acceptors (Lipinski definition) is 4. The molecule has 1 aromatic rings. The number of halogens is 1. The van der Waals surface area contributed by atoms with Gasteiger partial charge in [0, 0.05) is 4.47 Å². The van der Waals surface area contributed by atoms with Gasteiger partial charge in [-0.05, 0) is 30.0 Å². The lowest BCUT2D eigenvalue weighted by molar-refractivity contribution is -0.125. The Morgan fingerprint density at radius 1 is 1.27 bits per heavy atom. The third-order valence-corrected chi connectivity index (χ3v) is 4.39. The Morgan fingerprint density at radius 3 is 2.36 bits per heavy atom. The zero-order chi connectivity index (χ0) is 16.5. The molecule has 3 N–H and O–H groups in total. The number of fused-ring (bicyclic) bond motifs is 1. The maximum atomic E-state index is 12.3. The van der Waals surface area contributed by atoms with E-state index in [1.807, 2.05) is 39.8 Å². The number of carbonyl (C=O) groups excluding carboxylic acids is 1. The second kappa shape index (κ2) is 6.46. The lowest BCUT2D eigenvalue weighted by Crippen LogP contribution is -2.49. The molecule has 0 saturated heterocycles. The van der Waals surface area contributed by atoms with Gasteiger partial charge in [0.05, 0.1) is 12.1 Å². The molecule has 2 atom stereocenters. The molecule has 1 aliphatic heterocycles. The molecule has 1 heterocycles. The third-order valence-electron chi connectivity index (χ3n) is 3.70. The Kier molecular flexibility index (Phi) is 5.02. The number of rotatable bonds is 3. The van der Waals surface area contributed by atoms with E-state index in [1.165, 1.54) is 0 Å². The van der Waals surface area contributed by atoms with Crippen LogP contribution >= 0.6 is 15.9 Å². The fraction of sp³-hybridized carbons (Fsp3) is 0.562. The van der Waals surface area contributed by atoms with Gasteiger partial charge in [0.2, 0.25) is 5.91 Å². The predicted molar refractivity (Wildman–Crippen MR) is 89.1 cm³/mol. The average molecular weight is 371 g/mol. The molecule has 0 bridgehead atoms. The molecule has 0 spiro atoms. The Hall–Kier alpha value is -1.27. The van der Waals surface area contributed by atoms with Crippen LogP contribution in [0.25, 0.3) is 0 Å². The quantitative estimate of drug-likeness (QED) is 0.857. The van der Waals surface area contributed by atoms with Gasteiger partial charge in [-0.1, -0.05) is 36.7 Å². The molecule has 0 fully saturated rings. The topological polar surface area (TPSA) is 73.6 Å². The lowest BCUT2D eigenvalue weighted by atomic mass is 9.86. The first-order chi connectivity index (χ1) is 10.2. The summed E-state index contributed by atoms with van der Waals surface area (Å²) in [4.78, 5) is 12.3. The smallest absolute Gasteiger partial charge is 0.237 e. The maximum absolute atomic E-state index is 12.3. The summed E-state index contributed by atoms with van der Waals surface area (Å²) in [6, 6.07) is 3.01. The Bertz CT molecular complexity index is 569. The van der Waals surface area contributed by atoms with Crippen LogP contribution in [0, 0.1) is 5.41 Å². The van der Waals surface area contributed by atoms with Crippen molar-refractivity contribution in [3.63, 3.8) is 0 Å². The predicted octanol–water partition coefficient (Wildman–Crippen LogP) is 2.77. The number of nitrogens with two attached hydrogens (primary N) is 1. The van der Waals surface area contributed by atoms with Crippen LogP contribution in [0.1, 0.15) is 39.3 Å². The SMILES string of the molecule is CC(NC(=O)[C@@H](N)C(C)(C)C)c1cc2c(cc1Br)OCCO2. The molecule has 1 unspecified atom stereocenters. The van der Waals surface area contributed by atoms with Gasteiger partial charge in [-0.2, -0.15) is 0 Å². The summed E-state index contributed by atoms with van der Waals surface area (Å²) in [5.41, 5.74) is 6.65. The van der Waals surface area contributed by atoms with Crippen molar-refractivity contribution in [2.75, 3.05) is 13.2 Å². The number of benzene rings is 1. The second-order valence-corrected chi connectivity index (χ2v) is 7.45. The number of carbonyl (C=O) groups is 1. The minimum absolute atomic E-state index is 0.165. The van der Waals surface area contributed by atoms with Gasteiger partial charge < -0.3 is 20.5 Å². The molecule has 0 radical (unpaired) electrons. The molecule has 1 aliphatic rings. The van der Waals surface area contributed by atoms with Gasteiger partial charge in [0.1, 0.15) is 13.2 Å². The number of nitrogens with one attached hydrogen (secondary N) is 1. The van der Waals surface area contributed by atoms with Gasteiger partial charge in [0.25, 0.3) is 0 Å². The van der Waals surface area contributed by atoms with Crippen molar-refractivity contribution in [3.05, 3.63) is 22.2 Å². The normalized spacial score (nSPS) is 16.8. The summed E-state index contributed by atoms with van der Waals surface area (Å²) in [5.74, 6) is 1.25. The van der Waals surface area contributed by atoms with Gasteiger partial charge in [-0.3, -0.25) is 4.79 Å². The Labute approximate surface area is 139 Å². The molecule has 5 nitrogen and oxygen atoms in total. The molecular formula is C16H23BrN2O3. The first-order valence-corrected chi connectivity index (χ1v) is 8.14. The minimum Gasteiger partial charge on any atom is -0.486 e. The highest BCUT2D eigenvalue weighted by Crippen LogP contribution is 2.37. The first kappa shape index (κ1) is 17.1. The first-order valence-electron chi connectivity index (χ1n) is 7.35. The van der Waals surface area contributed by atoms with E-state index in [0.717, 1.165) is 10.0 Å². The van der Waals surface area contributed by atoms with Gasteiger partial charge >= 0.3 is 0 Å². The minimum atomic E-state index is -0.564. The molecule has 1 aromatic carbocycles. The molecule has 2 rings (SSSR count). The van der Waals surface area contributed by atoms with Gasteiger partial charge in [-0.25, -0.2) is 0 Å². The number of amides is 1. The van der Waals surface area contributed by atoms with Crippen LogP contribution < -0.4 is 20.5 Å². The average Bonchev–Trinajstić information content (AvgIpc) is 2.44. The maximum Gasteiger partial charge on any atom is 0.237 e. The summed E-state index contributed by atoms with van der Waals surface area (Å²) < 4.78 is 12.0. The van der Waals surface area contributed by atoms with Crippen molar-refractivity contribution in [3.8, 4) is 11.5 Å². The summed E-state index contributed by atoms with van der Waals surface area (Å²) in [6.45, 7) is 8.84. The van der Waals surface area contributed by atoms with Crippen LogP contribution in [0.2, 0.25) is 0 Å². The van der Waals surface area contributed by atoms with Crippen LogP contribution in [-0.4, -0.2) is 25.2 Å². The van der Waals surface area contributed by atoms with Crippen LogP contribution in [0.5, 0.6) is 11.5 Å². The summed E-state index contributed by atoms with van der Waals surface area (Å²) in [7, 11) is 0. The van der Waals surface area contributed by atoms with E-state index in [9.17, 15) is 4.79 Å². The zero-order valence-corrected chi connectivity index (χ0v) is 15.0. The Morgan fingerprint density at radius 2 is 1.82 bits per heavy atom. The fourth-order valence-corrected chi connectivity index (χ4v) is 2.85. The van der Waals surface area contributed by atoms with E-state index < -0.39 is 6.04 Å². The molecule has 1 amide bonds. The summed E-state index contributed by atoms with van der Waals surface area (Å²) >= 11 is 3.52. The summed E-state index contributed by atoms with van der Waals surface area (Å²) in [5, 5.41) is 2.96. The highest BCUT2D eigenvalue weighted by molar-refractivity contribution is 9.10. The van der Waals surface area contributed by atoms with E-state index in [4.69, 9.17) is 15.2 Å². The van der Waals surface area contributed by atoms with Crippen molar-refractivity contribution in [1.29, 1.82) is 0 Å². The van der Waals surface area contributed by atoms with Gasteiger partial charge in [-0.15, -0.1) is 0 Å². The highest BCUT2D eigenvalue weighted by atomic mass is 79.9. The zero-order valence-electron chi connectivity index (χ0n) is 13.4. The van der Waals surface area contributed by atoms with Crippen molar-refractivity contribution >= 4 is 21.8 Å². The molecule has 6 heteroatoms. The van der Waals surface area contributed by atoms with E-state index in [-0.39, 0.29) is 17.4 Å². The lowest BCUT2D eigenvalue weighted by Gasteiger charge is -2.28. The largest absolute Gasteiger partial charge is 0.486 e. The summed E-state index contributed by atoms with van der Waals surface area (Å²) in [6.07, 6.45) is 0. The molecule has 122 valence electrons. The van der Waals surface area contributed by atoms with Crippen LogP contribution in [0.15, 0.2) is 16.6 Å². The third kappa shape index (κ3) is 3.73. The number of ether oxygens (including phenoxy) is 2. The van der Waals surface area contributed by atoms with Crippen molar-refractivity contribution in [1.82, 2.24) is 5.32 Å². The van der Waals surface area contributed by atoms with E-state index in [2.05, 4.69) is 21.2 Å². The standard InChI is InChI=1S/C16H23BrN2O3/c1-9(19-15(20)14(18)16(2,3)4)10-7-12-13(8-11(10)17)22-6-5-21-12/h7-9,14H,5-6,18H2,1-4H3,(H,19,20)/t9?,14-/m1/s1. The molecular weight excluding hydrogens is 348 g/mol. The second-order valence-electron chi connectivity index (χ2n) is 6.59. The van der Waals surface area contributed by atoms with Crippen LogP contribution in [0.4, 0.5) is 0 Å². The molecule has 0 saturated carbocycles. The van der Waals surface area contributed by atoms with E-state index in [0.29, 0.717) is 24.7 Å². The molecule has 0 aromatic heterocycles. The van der Waals surface area contributed by atoms with Gasteiger partial charge in [0.15, 0.2) is 11.5 Å². The van der Waals surface area contributed by atoms with Crippen molar-refractivity contribution in [2.24, 2.45) is 11.1 Å².